The van der Waals surface area contributed by atoms with Crippen LogP contribution in [-0.4, -0.2) is 19.0 Å². The molecule has 108 valence electrons. The molecule has 3 rings (SSSR count). The fraction of sp³-hybridized carbons (Fsp3) is 0.188. The van der Waals surface area contributed by atoms with Crippen LogP contribution in [0.1, 0.15) is 15.9 Å². The van der Waals surface area contributed by atoms with Crippen molar-refractivity contribution in [2.75, 3.05) is 13.2 Å². The SMILES string of the molecule is O=C(Cc1ccccc1Cl)c1cc2c(cc1Br)OCCO2. The molecule has 5 heteroatoms. The van der Waals surface area contributed by atoms with E-state index in [-0.39, 0.29) is 12.2 Å². The van der Waals surface area contributed by atoms with E-state index in [1.807, 2.05) is 18.2 Å². The molecule has 3 nitrogen and oxygen atoms in total. The van der Waals surface area contributed by atoms with Gasteiger partial charge in [-0.25, -0.2) is 0 Å². The first-order valence-corrected chi connectivity index (χ1v) is 7.68. The number of hydrogen-bond acceptors (Lipinski definition) is 3. The summed E-state index contributed by atoms with van der Waals surface area (Å²) in [4.78, 5) is 12.5. The molecule has 0 radical (unpaired) electrons. The van der Waals surface area contributed by atoms with Gasteiger partial charge in [0.05, 0.1) is 0 Å². The Morgan fingerprint density at radius 1 is 1.14 bits per heavy atom. The third-order valence-electron chi connectivity index (χ3n) is 3.24. The van der Waals surface area contributed by atoms with Crippen LogP contribution in [-0.2, 0) is 6.42 Å². The Hall–Kier alpha value is -1.52. The minimum atomic E-state index is -0.0213. The van der Waals surface area contributed by atoms with Crippen molar-refractivity contribution in [1.82, 2.24) is 0 Å². The van der Waals surface area contributed by atoms with E-state index in [9.17, 15) is 4.79 Å². The Bertz CT molecular complexity index is 700. The van der Waals surface area contributed by atoms with Crippen molar-refractivity contribution in [2.45, 2.75) is 6.42 Å². The summed E-state index contributed by atoms with van der Waals surface area (Å²) in [5, 5.41) is 0.597. The van der Waals surface area contributed by atoms with E-state index < -0.39 is 0 Å². The maximum absolute atomic E-state index is 12.5. The first-order valence-electron chi connectivity index (χ1n) is 6.51. The van der Waals surface area contributed by atoms with Crippen molar-refractivity contribution in [3.63, 3.8) is 0 Å². The quantitative estimate of drug-likeness (QED) is 0.759. The summed E-state index contributed by atoms with van der Waals surface area (Å²) in [7, 11) is 0. The Morgan fingerprint density at radius 3 is 2.52 bits per heavy atom. The molecule has 0 saturated carbocycles. The highest BCUT2D eigenvalue weighted by atomic mass is 79.9. The van der Waals surface area contributed by atoms with E-state index in [0.29, 0.717) is 39.8 Å². The summed E-state index contributed by atoms with van der Waals surface area (Å²) >= 11 is 9.52. The zero-order valence-electron chi connectivity index (χ0n) is 11.1. The molecule has 0 spiro atoms. The van der Waals surface area contributed by atoms with Crippen molar-refractivity contribution < 1.29 is 14.3 Å². The van der Waals surface area contributed by atoms with E-state index in [4.69, 9.17) is 21.1 Å². The summed E-state index contributed by atoms with van der Waals surface area (Å²) in [6.45, 7) is 1.01. The van der Waals surface area contributed by atoms with E-state index in [0.717, 1.165) is 5.56 Å². The van der Waals surface area contributed by atoms with Crippen molar-refractivity contribution in [3.05, 3.63) is 57.0 Å². The standard InChI is InChI=1S/C16H12BrClO3/c17-12-9-16-15(20-5-6-21-16)8-11(12)14(19)7-10-3-1-2-4-13(10)18/h1-4,8-9H,5-7H2. The van der Waals surface area contributed by atoms with Crippen molar-refractivity contribution in [3.8, 4) is 11.5 Å². The average molecular weight is 368 g/mol. The maximum Gasteiger partial charge on any atom is 0.168 e. The monoisotopic (exact) mass is 366 g/mol. The van der Waals surface area contributed by atoms with Crippen molar-refractivity contribution in [2.24, 2.45) is 0 Å². The number of Topliss-reactive ketones (excluding diaryl/α,β-unsaturated/α-hetero) is 1. The Balaban J connectivity index is 1.89. The molecular weight excluding hydrogens is 356 g/mol. The van der Waals surface area contributed by atoms with Gasteiger partial charge >= 0.3 is 0 Å². The molecular formula is C16H12BrClO3. The van der Waals surface area contributed by atoms with E-state index in [1.165, 1.54) is 0 Å². The molecule has 0 aliphatic carbocycles. The summed E-state index contributed by atoms with van der Waals surface area (Å²) in [5.74, 6) is 1.24. The lowest BCUT2D eigenvalue weighted by Gasteiger charge is -2.19. The molecule has 1 heterocycles. The number of rotatable bonds is 3. The molecule has 0 saturated heterocycles. The second-order valence-corrected chi connectivity index (χ2v) is 5.93. The number of halogens is 2. The van der Waals surface area contributed by atoms with E-state index in [1.54, 1.807) is 18.2 Å². The highest BCUT2D eigenvalue weighted by molar-refractivity contribution is 9.10. The molecule has 0 N–H and O–H groups in total. The third kappa shape index (κ3) is 3.06. The molecule has 0 aromatic heterocycles. The first-order chi connectivity index (χ1) is 10.1. The Morgan fingerprint density at radius 2 is 1.81 bits per heavy atom. The van der Waals surface area contributed by atoms with Gasteiger partial charge in [0.1, 0.15) is 13.2 Å². The average Bonchev–Trinajstić information content (AvgIpc) is 2.49. The second kappa shape index (κ2) is 6.08. The van der Waals surface area contributed by atoms with Gasteiger partial charge in [-0.3, -0.25) is 4.79 Å². The Labute approximate surface area is 136 Å². The van der Waals surface area contributed by atoms with Crippen molar-refractivity contribution in [1.29, 1.82) is 0 Å². The number of ether oxygens (including phenoxy) is 2. The molecule has 0 bridgehead atoms. The zero-order valence-corrected chi connectivity index (χ0v) is 13.4. The molecule has 21 heavy (non-hydrogen) atoms. The van der Waals surface area contributed by atoms with Crippen LogP contribution in [0.25, 0.3) is 0 Å². The lowest BCUT2D eigenvalue weighted by Crippen LogP contribution is -2.16. The lowest BCUT2D eigenvalue weighted by molar-refractivity contribution is 0.0991. The molecule has 0 fully saturated rings. The summed E-state index contributed by atoms with van der Waals surface area (Å²) in [6, 6.07) is 10.8. The highest BCUT2D eigenvalue weighted by Gasteiger charge is 2.19. The number of benzene rings is 2. The second-order valence-electron chi connectivity index (χ2n) is 4.67. The molecule has 0 amide bonds. The third-order valence-corrected chi connectivity index (χ3v) is 4.27. The van der Waals surface area contributed by atoms with Crippen LogP contribution in [0.3, 0.4) is 0 Å². The summed E-state index contributed by atoms with van der Waals surface area (Å²) in [5.41, 5.74) is 1.38. The van der Waals surface area contributed by atoms with E-state index >= 15 is 0 Å². The number of fused-ring (bicyclic) bond motifs is 1. The molecule has 1 aliphatic rings. The summed E-state index contributed by atoms with van der Waals surface area (Å²) < 4.78 is 11.7. The molecule has 0 atom stereocenters. The highest BCUT2D eigenvalue weighted by Crippen LogP contribution is 2.36. The lowest BCUT2D eigenvalue weighted by atomic mass is 10.0. The smallest absolute Gasteiger partial charge is 0.168 e. The van der Waals surface area contributed by atoms with Crippen LogP contribution < -0.4 is 9.47 Å². The number of hydrogen-bond donors (Lipinski definition) is 0. The largest absolute Gasteiger partial charge is 0.486 e. The topological polar surface area (TPSA) is 35.5 Å². The van der Waals surface area contributed by atoms with Crippen LogP contribution in [0.5, 0.6) is 11.5 Å². The van der Waals surface area contributed by atoms with Gasteiger partial charge in [-0.05, 0) is 39.7 Å². The van der Waals surface area contributed by atoms with Crippen molar-refractivity contribution >= 4 is 33.3 Å². The molecule has 0 unspecified atom stereocenters. The van der Waals surface area contributed by atoms with Crippen LogP contribution in [0.4, 0.5) is 0 Å². The van der Waals surface area contributed by atoms with Crippen LogP contribution in [0.2, 0.25) is 5.02 Å². The predicted molar refractivity (Wildman–Crippen MR) is 84.6 cm³/mol. The van der Waals surface area contributed by atoms with Gasteiger partial charge in [0.25, 0.3) is 0 Å². The summed E-state index contributed by atoms with van der Waals surface area (Å²) in [6.07, 6.45) is 0.248. The van der Waals surface area contributed by atoms with Gasteiger partial charge in [0.2, 0.25) is 0 Å². The molecule has 2 aromatic carbocycles. The minimum absolute atomic E-state index is 0.0213. The van der Waals surface area contributed by atoms with Gasteiger partial charge in [0.15, 0.2) is 17.3 Å². The van der Waals surface area contributed by atoms with Gasteiger partial charge in [-0.1, -0.05) is 29.8 Å². The van der Waals surface area contributed by atoms with Crippen LogP contribution in [0, 0.1) is 0 Å². The minimum Gasteiger partial charge on any atom is -0.486 e. The van der Waals surface area contributed by atoms with Crippen LogP contribution in [0.15, 0.2) is 40.9 Å². The number of carbonyl (C=O) groups is 1. The number of ketones is 1. The fourth-order valence-corrected chi connectivity index (χ4v) is 2.93. The normalized spacial score (nSPS) is 13.0. The predicted octanol–water partition coefficient (Wildman–Crippen LogP) is 4.30. The van der Waals surface area contributed by atoms with Gasteiger partial charge in [-0.2, -0.15) is 0 Å². The molecule has 2 aromatic rings. The van der Waals surface area contributed by atoms with Gasteiger partial charge in [-0.15, -0.1) is 0 Å². The first kappa shape index (κ1) is 14.4. The van der Waals surface area contributed by atoms with Gasteiger partial charge < -0.3 is 9.47 Å². The van der Waals surface area contributed by atoms with Crippen LogP contribution >= 0.6 is 27.5 Å². The fourth-order valence-electron chi connectivity index (χ4n) is 2.19. The maximum atomic E-state index is 12.5. The Kier molecular flexibility index (Phi) is 4.17. The number of carbonyl (C=O) groups excluding carboxylic acids is 1. The van der Waals surface area contributed by atoms with Gasteiger partial charge in [0, 0.05) is 21.5 Å². The zero-order chi connectivity index (χ0) is 14.8. The molecule has 1 aliphatic heterocycles. The van der Waals surface area contributed by atoms with E-state index in [2.05, 4.69) is 15.9 Å².